The molecule has 0 saturated carbocycles. The van der Waals surface area contributed by atoms with Crippen molar-refractivity contribution in [3.63, 3.8) is 0 Å². The largest absolute Gasteiger partial charge is 0.469 e. The minimum Gasteiger partial charge on any atom is -0.469 e. The molecule has 0 aliphatic carbocycles. The molecule has 17 heavy (non-hydrogen) atoms. The Labute approximate surface area is 99.6 Å². The molecule has 0 aromatic carbocycles. The lowest BCUT2D eigenvalue weighted by molar-refractivity contribution is -0.121. The van der Waals surface area contributed by atoms with Gasteiger partial charge < -0.3 is 9.73 Å². The van der Waals surface area contributed by atoms with Crippen LogP contribution in [0.3, 0.4) is 0 Å². The second-order valence-corrected chi connectivity index (χ2v) is 3.59. The van der Waals surface area contributed by atoms with E-state index in [0.29, 0.717) is 25.9 Å². The quantitative estimate of drug-likeness (QED) is 0.325. The second kappa shape index (κ2) is 8.24. The maximum absolute atomic E-state index is 11.4. The smallest absolute Gasteiger partial charge is 0.220 e. The Morgan fingerprint density at radius 1 is 1.53 bits per heavy atom. The molecule has 0 aliphatic rings. The maximum atomic E-state index is 11.4. The summed E-state index contributed by atoms with van der Waals surface area (Å²) in [6.45, 7) is 1.11. The van der Waals surface area contributed by atoms with Gasteiger partial charge in [0.05, 0.1) is 6.26 Å². The van der Waals surface area contributed by atoms with Crippen LogP contribution in [0, 0.1) is 0 Å². The lowest BCUT2D eigenvalue weighted by Gasteiger charge is -2.03. The Morgan fingerprint density at radius 3 is 3.12 bits per heavy atom. The highest BCUT2D eigenvalue weighted by Crippen LogP contribution is 2.03. The van der Waals surface area contributed by atoms with Crippen molar-refractivity contribution in [2.45, 2.75) is 25.7 Å². The van der Waals surface area contributed by atoms with Crippen LogP contribution in [-0.4, -0.2) is 19.0 Å². The number of azide groups is 1. The fourth-order valence-corrected chi connectivity index (χ4v) is 1.36. The molecule has 1 aromatic heterocycles. The Balaban J connectivity index is 1.99. The number of nitrogens with zero attached hydrogens (tertiary/aromatic N) is 3. The van der Waals surface area contributed by atoms with E-state index in [4.69, 9.17) is 9.95 Å². The van der Waals surface area contributed by atoms with Gasteiger partial charge in [-0.3, -0.25) is 4.79 Å². The molecule has 6 nitrogen and oxygen atoms in total. The predicted molar refractivity (Wildman–Crippen MR) is 63.3 cm³/mol. The van der Waals surface area contributed by atoms with E-state index in [9.17, 15) is 4.79 Å². The molecule has 1 heterocycles. The number of hydrogen-bond acceptors (Lipinski definition) is 3. The molecule has 0 fully saturated rings. The average molecular weight is 236 g/mol. The normalized spacial score (nSPS) is 9.65. The summed E-state index contributed by atoms with van der Waals surface area (Å²) in [7, 11) is 0. The Kier molecular flexibility index (Phi) is 6.36. The van der Waals surface area contributed by atoms with Gasteiger partial charge in [-0.1, -0.05) is 5.11 Å². The van der Waals surface area contributed by atoms with E-state index in [1.807, 2.05) is 12.1 Å². The molecule has 1 rings (SSSR count). The summed E-state index contributed by atoms with van der Waals surface area (Å²) < 4.78 is 5.13. The molecule has 0 bridgehead atoms. The van der Waals surface area contributed by atoms with Crippen LogP contribution in [0.5, 0.6) is 0 Å². The van der Waals surface area contributed by atoms with Gasteiger partial charge in [-0.15, -0.1) is 0 Å². The molecule has 1 amide bonds. The topological polar surface area (TPSA) is 91.0 Å². The molecule has 0 atom stereocenters. The number of hydrogen-bond donors (Lipinski definition) is 1. The predicted octanol–water partition coefficient (Wildman–Crippen LogP) is 2.42. The van der Waals surface area contributed by atoms with E-state index < -0.39 is 0 Å². The van der Waals surface area contributed by atoms with Crippen molar-refractivity contribution in [3.05, 3.63) is 34.6 Å². The number of rotatable bonds is 8. The zero-order valence-corrected chi connectivity index (χ0v) is 9.63. The van der Waals surface area contributed by atoms with E-state index in [1.54, 1.807) is 6.26 Å². The summed E-state index contributed by atoms with van der Waals surface area (Å²) in [5, 5.41) is 6.22. The van der Waals surface area contributed by atoms with Gasteiger partial charge in [0.2, 0.25) is 5.91 Å². The monoisotopic (exact) mass is 236 g/mol. The molecular formula is C11H16N4O2. The van der Waals surface area contributed by atoms with Crippen LogP contribution in [0.15, 0.2) is 27.9 Å². The van der Waals surface area contributed by atoms with Crippen LogP contribution in [0.2, 0.25) is 0 Å². The minimum absolute atomic E-state index is 0.0187. The van der Waals surface area contributed by atoms with Gasteiger partial charge >= 0.3 is 0 Å². The van der Waals surface area contributed by atoms with Gasteiger partial charge in [-0.25, -0.2) is 0 Å². The van der Waals surface area contributed by atoms with Crippen LogP contribution in [0.25, 0.3) is 10.4 Å². The third kappa shape index (κ3) is 6.27. The van der Waals surface area contributed by atoms with E-state index >= 15 is 0 Å². The van der Waals surface area contributed by atoms with Crippen molar-refractivity contribution in [1.82, 2.24) is 5.32 Å². The highest BCUT2D eigenvalue weighted by atomic mass is 16.3. The summed E-state index contributed by atoms with van der Waals surface area (Å²) in [6, 6.07) is 3.66. The van der Waals surface area contributed by atoms with Crippen molar-refractivity contribution in [1.29, 1.82) is 0 Å². The maximum Gasteiger partial charge on any atom is 0.220 e. The Bertz CT molecular complexity index is 369. The number of furan rings is 1. The van der Waals surface area contributed by atoms with Crippen molar-refractivity contribution >= 4 is 5.91 Å². The van der Waals surface area contributed by atoms with Crippen LogP contribution in [0.4, 0.5) is 0 Å². The first-order valence-corrected chi connectivity index (χ1v) is 5.63. The molecule has 6 heteroatoms. The molecule has 0 radical (unpaired) electrons. The SMILES string of the molecule is [N-]=[N+]=NCCCCNC(=O)CCc1ccco1. The lowest BCUT2D eigenvalue weighted by atomic mass is 10.2. The number of aryl methyl sites for hydroxylation is 1. The summed E-state index contributed by atoms with van der Waals surface area (Å²) in [5.41, 5.74) is 8.05. The molecule has 92 valence electrons. The van der Waals surface area contributed by atoms with Crippen LogP contribution >= 0.6 is 0 Å². The van der Waals surface area contributed by atoms with Crippen molar-refractivity contribution < 1.29 is 9.21 Å². The molecule has 0 saturated heterocycles. The second-order valence-electron chi connectivity index (χ2n) is 3.59. The van der Waals surface area contributed by atoms with Gasteiger partial charge in [-0.2, -0.15) is 0 Å². The van der Waals surface area contributed by atoms with E-state index in [2.05, 4.69) is 15.3 Å². The van der Waals surface area contributed by atoms with Crippen LogP contribution in [0.1, 0.15) is 25.0 Å². The first-order valence-electron chi connectivity index (χ1n) is 5.63. The number of nitrogens with one attached hydrogen (secondary N) is 1. The van der Waals surface area contributed by atoms with Gasteiger partial charge in [0, 0.05) is 30.8 Å². The van der Waals surface area contributed by atoms with E-state index in [0.717, 1.165) is 18.6 Å². The van der Waals surface area contributed by atoms with Gasteiger partial charge in [0.1, 0.15) is 5.76 Å². The van der Waals surface area contributed by atoms with Gasteiger partial charge in [0.15, 0.2) is 0 Å². The first-order chi connectivity index (χ1) is 8.33. The van der Waals surface area contributed by atoms with Crippen molar-refractivity contribution in [2.24, 2.45) is 5.11 Å². The zero-order valence-electron chi connectivity index (χ0n) is 9.63. The molecule has 1 aromatic rings. The molecule has 1 N–H and O–H groups in total. The number of amides is 1. The molecular weight excluding hydrogens is 220 g/mol. The highest BCUT2D eigenvalue weighted by Gasteiger charge is 2.02. The summed E-state index contributed by atoms with van der Waals surface area (Å²) in [4.78, 5) is 14.0. The Hall–Kier alpha value is -1.94. The van der Waals surface area contributed by atoms with E-state index in [1.165, 1.54) is 0 Å². The lowest BCUT2D eigenvalue weighted by Crippen LogP contribution is -2.24. The first kappa shape index (κ1) is 13.1. The van der Waals surface area contributed by atoms with E-state index in [-0.39, 0.29) is 5.91 Å². The summed E-state index contributed by atoms with van der Waals surface area (Å²) >= 11 is 0. The van der Waals surface area contributed by atoms with Crippen LogP contribution < -0.4 is 5.32 Å². The average Bonchev–Trinajstić information content (AvgIpc) is 2.84. The third-order valence-electron chi connectivity index (χ3n) is 2.25. The Morgan fingerprint density at radius 2 is 2.41 bits per heavy atom. The summed E-state index contributed by atoms with van der Waals surface area (Å²) in [5.74, 6) is 0.841. The number of carbonyl (C=O) groups is 1. The van der Waals surface area contributed by atoms with Crippen molar-refractivity contribution in [3.8, 4) is 0 Å². The van der Waals surface area contributed by atoms with Gasteiger partial charge in [-0.05, 0) is 30.5 Å². The third-order valence-corrected chi connectivity index (χ3v) is 2.25. The molecule has 0 unspecified atom stereocenters. The molecule has 0 spiro atoms. The van der Waals surface area contributed by atoms with Gasteiger partial charge in [0.25, 0.3) is 0 Å². The fraction of sp³-hybridized carbons (Fsp3) is 0.545. The number of unbranched alkanes of at least 4 members (excludes halogenated alkanes) is 1. The highest BCUT2D eigenvalue weighted by molar-refractivity contribution is 5.75. The zero-order chi connectivity index (χ0) is 12.3. The minimum atomic E-state index is 0.0187. The standard InChI is InChI=1S/C11H16N4O2/c12-15-14-8-2-1-7-13-11(16)6-5-10-4-3-9-17-10/h3-4,9H,1-2,5-8H2,(H,13,16). The molecule has 0 aliphatic heterocycles. The van der Waals surface area contributed by atoms with Crippen LogP contribution in [-0.2, 0) is 11.2 Å². The van der Waals surface area contributed by atoms with Crippen molar-refractivity contribution in [2.75, 3.05) is 13.1 Å². The summed E-state index contributed by atoms with van der Waals surface area (Å²) in [6.07, 6.45) is 4.28. The number of carbonyl (C=O) groups excluding carboxylic acids is 1. The fourth-order valence-electron chi connectivity index (χ4n) is 1.36.